The molecule has 5 heteroatoms. The molecule has 102 valence electrons. The highest BCUT2D eigenvalue weighted by atomic mass is 16.5. The van der Waals surface area contributed by atoms with Crippen molar-refractivity contribution in [2.45, 2.75) is 32.4 Å². The highest BCUT2D eigenvalue weighted by Crippen LogP contribution is 2.12. The van der Waals surface area contributed by atoms with Crippen LogP contribution in [0.15, 0.2) is 24.3 Å². The quantitative estimate of drug-likeness (QED) is 0.835. The minimum Gasteiger partial charge on any atom is -0.484 e. The smallest absolute Gasteiger partial charge is 0.258 e. The molecule has 1 amide bonds. The number of amides is 1. The van der Waals surface area contributed by atoms with E-state index in [-0.39, 0.29) is 12.5 Å². The Kier molecular flexibility index (Phi) is 4.90. The van der Waals surface area contributed by atoms with Gasteiger partial charge in [-0.05, 0) is 45.0 Å². The van der Waals surface area contributed by atoms with Gasteiger partial charge in [0.2, 0.25) is 0 Å². The first kappa shape index (κ1) is 15.0. The van der Waals surface area contributed by atoms with Crippen LogP contribution < -0.4 is 10.1 Å². The third-order valence-electron chi connectivity index (χ3n) is 2.86. The van der Waals surface area contributed by atoms with E-state index in [1.54, 1.807) is 45.0 Å². The summed E-state index contributed by atoms with van der Waals surface area (Å²) in [7, 11) is 0. The molecule has 0 saturated carbocycles. The average Bonchev–Trinajstić information content (AvgIpc) is 2.36. The zero-order valence-corrected chi connectivity index (χ0v) is 11.3. The number of carbonyl (C=O) groups is 1. The van der Waals surface area contributed by atoms with Gasteiger partial charge in [-0.1, -0.05) is 0 Å². The maximum atomic E-state index is 11.7. The summed E-state index contributed by atoms with van der Waals surface area (Å²) in [5.74, 6) is 0.208. The molecule has 0 saturated heterocycles. The van der Waals surface area contributed by atoms with Crippen molar-refractivity contribution in [1.29, 1.82) is 5.26 Å². The van der Waals surface area contributed by atoms with Crippen molar-refractivity contribution >= 4 is 5.91 Å². The maximum Gasteiger partial charge on any atom is 0.258 e. The molecule has 1 unspecified atom stereocenters. The first-order valence-corrected chi connectivity index (χ1v) is 5.97. The predicted molar refractivity (Wildman–Crippen MR) is 70.6 cm³/mol. The Morgan fingerprint density at radius 2 is 2.05 bits per heavy atom. The van der Waals surface area contributed by atoms with Gasteiger partial charge in [0.1, 0.15) is 5.75 Å². The van der Waals surface area contributed by atoms with Crippen molar-refractivity contribution in [1.82, 2.24) is 5.32 Å². The standard InChI is InChI=1S/C14H18N2O3/c1-10(17)14(2,3)16-13(18)9-19-12-6-4-11(8-15)5-7-12/h4-7,10,17H,9H2,1-3H3,(H,16,18). The number of benzene rings is 1. The van der Waals surface area contributed by atoms with Crippen LogP contribution in [-0.2, 0) is 4.79 Å². The molecule has 0 aliphatic rings. The second kappa shape index (κ2) is 6.21. The second-order valence-electron chi connectivity index (χ2n) is 4.87. The van der Waals surface area contributed by atoms with Crippen molar-refractivity contribution < 1.29 is 14.6 Å². The number of aliphatic hydroxyl groups excluding tert-OH is 1. The van der Waals surface area contributed by atoms with Crippen LogP contribution in [0, 0.1) is 11.3 Å². The molecule has 0 aromatic heterocycles. The summed E-state index contributed by atoms with van der Waals surface area (Å²) < 4.78 is 5.29. The van der Waals surface area contributed by atoms with Crippen LogP contribution in [0.1, 0.15) is 26.3 Å². The molecule has 5 nitrogen and oxygen atoms in total. The van der Waals surface area contributed by atoms with Crippen molar-refractivity contribution in [2.75, 3.05) is 6.61 Å². The van der Waals surface area contributed by atoms with Gasteiger partial charge in [-0.25, -0.2) is 0 Å². The molecule has 1 aromatic carbocycles. The highest BCUT2D eigenvalue weighted by molar-refractivity contribution is 5.78. The van der Waals surface area contributed by atoms with Crippen molar-refractivity contribution in [3.8, 4) is 11.8 Å². The molecule has 0 aliphatic carbocycles. The number of nitrogens with one attached hydrogen (secondary N) is 1. The Hall–Kier alpha value is -2.06. The van der Waals surface area contributed by atoms with Crippen LogP contribution in [0.2, 0.25) is 0 Å². The second-order valence-corrected chi connectivity index (χ2v) is 4.87. The Labute approximate surface area is 112 Å². The monoisotopic (exact) mass is 262 g/mol. The number of carbonyl (C=O) groups excluding carboxylic acids is 1. The van der Waals surface area contributed by atoms with E-state index in [9.17, 15) is 9.90 Å². The minimum absolute atomic E-state index is 0.137. The maximum absolute atomic E-state index is 11.7. The summed E-state index contributed by atoms with van der Waals surface area (Å²) in [4.78, 5) is 11.7. The third-order valence-corrected chi connectivity index (χ3v) is 2.86. The Morgan fingerprint density at radius 1 is 1.47 bits per heavy atom. The normalized spacial score (nSPS) is 12.4. The summed E-state index contributed by atoms with van der Waals surface area (Å²) in [5.41, 5.74) is -0.169. The topological polar surface area (TPSA) is 82.3 Å². The van der Waals surface area contributed by atoms with E-state index in [0.29, 0.717) is 11.3 Å². The SMILES string of the molecule is CC(O)C(C)(C)NC(=O)COc1ccc(C#N)cc1. The fourth-order valence-corrected chi connectivity index (χ4v) is 1.27. The molecule has 0 heterocycles. The first-order chi connectivity index (χ1) is 8.85. The van der Waals surface area contributed by atoms with E-state index in [0.717, 1.165) is 0 Å². The summed E-state index contributed by atoms with van der Waals surface area (Å²) in [5, 5.41) is 20.8. The third kappa shape index (κ3) is 4.60. The summed E-state index contributed by atoms with van der Waals surface area (Å²) in [6, 6.07) is 8.50. The summed E-state index contributed by atoms with van der Waals surface area (Å²) in [6.45, 7) is 4.94. The van der Waals surface area contributed by atoms with Gasteiger partial charge < -0.3 is 15.2 Å². The molecule has 0 bridgehead atoms. The van der Waals surface area contributed by atoms with Crippen molar-refractivity contribution in [3.05, 3.63) is 29.8 Å². The number of nitriles is 1. The molecular formula is C14H18N2O3. The van der Waals surface area contributed by atoms with Gasteiger partial charge in [-0.3, -0.25) is 4.79 Å². The van der Waals surface area contributed by atoms with Gasteiger partial charge in [0.15, 0.2) is 6.61 Å². The van der Waals surface area contributed by atoms with Gasteiger partial charge >= 0.3 is 0 Å². The van der Waals surface area contributed by atoms with Crippen LogP contribution in [0.4, 0.5) is 0 Å². The fraction of sp³-hybridized carbons (Fsp3) is 0.429. The van der Waals surface area contributed by atoms with Crippen LogP contribution in [0.25, 0.3) is 0 Å². The van der Waals surface area contributed by atoms with Crippen LogP contribution in [0.3, 0.4) is 0 Å². The highest BCUT2D eigenvalue weighted by Gasteiger charge is 2.25. The van der Waals surface area contributed by atoms with E-state index >= 15 is 0 Å². The zero-order chi connectivity index (χ0) is 14.5. The van der Waals surface area contributed by atoms with Gasteiger partial charge in [0, 0.05) is 0 Å². The van der Waals surface area contributed by atoms with Gasteiger partial charge in [0.05, 0.1) is 23.3 Å². The number of ether oxygens (including phenoxy) is 1. The van der Waals surface area contributed by atoms with E-state index in [2.05, 4.69) is 5.32 Å². The Balaban J connectivity index is 2.48. The minimum atomic E-state index is -0.703. The Morgan fingerprint density at radius 3 is 2.53 bits per heavy atom. The summed E-state index contributed by atoms with van der Waals surface area (Å²) >= 11 is 0. The lowest BCUT2D eigenvalue weighted by molar-refractivity contribution is -0.126. The number of hydrogen-bond acceptors (Lipinski definition) is 4. The molecule has 2 N–H and O–H groups in total. The fourth-order valence-electron chi connectivity index (χ4n) is 1.27. The van der Waals surface area contributed by atoms with Gasteiger partial charge in [-0.15, -0.1) is 0 Å². The van der Waals surface area contributed by atoms with Crippen molar-refractivity contribution in [2.24, 2.45) is 0 Å². The van der Waals surface area contributed by atoms with E-state index in [4.69, 9.17) is 10.00 Å². The molecule has 0 fully saturated rings. The molecular weight excluding hydrogens is 244 g/mol. The van der Waals surface area contributed by atoms with Crippen molar-refractivity contribution in [3.63, 3.8) is 0 Å². The lowest BCUT2D eigenvalue weighted by Crippen LogP contribution is -2.52. The molecule has 1 atom stereocenters. The number of aliphatic hydroxyl groups is 1. The Bertz CT molecular complexity index is 472. The van der Waals surface area contributed by atoms with Crippen LogP contribution in [-0.4, -0.2) is 29.3 Å². The summed E-state index contributed by atoms with van der Waals surface area (Å²) in [6.07, 6.45) is -0.661. The predicted octanol–water partition coefficient (Wildman–Crippen LogP) is 1.21. The first-order valence-electron chi connectivity index (χ1n) is 5.97. The zero-order valence-electron chi connectivity index (χ0n) is 11.3. The van der Waals surface area contributed by atoms with E-state index in [1.165, 1.54) is 0 Å². The van der Waals surface area contributed by atoms with Crippen LogP contribution in [0.5, 0.6) is 5.75 Å². The van der Waals surface area contributed by atoms with E-state index < -0.39 is 11.6 Å². The lowest BCUT2D eigenvalue weighted by Gasteiger charge is -2.29. The number of nitrogens with zero attached hydrogens (tertiary/aromatic N) is 1. The number of hydrogen-bond donors (Lipinski definition) is 2. The van der Waals surface area contributed by atoms with E-state index in [1.807, 2.05) is 6.07 Å². The average molecular weight is 262 g/mol. The number of rotatable bonds is 5. The van der Waals surface area contributed by atoms with Gasteiger partial charge in [0.25, 0.3) is 5.91 Å². The lowest BCUT2D eigenvalue weighted by atomic mass is 9.99. The molecule has 0 spiro atoms. The molecule has 19 heavy (non-hydrogen) atoms. The molecule has 1 rings (SSSR count). The van der Waals surface area contributed by atoms with Gasteiger partial charge in [-0.2, -0.15) is 5.26 Å². The molecule has 1 aromatic rings. The molecule has 0 radical (unpaired) electrons. The largest absolute Gasteiger partial charge is 0.484 e. The molecule has 0 aliphatic heterocycles. The van der Waals surface area contributed by atoms with Crippen LogP contribution >= 0.6 is 0 Å².